The molecule has 0 radical (unpaired) electrons. The van der Waals surface area contributed by atoms with Crippen LogP contribution in [0.3, 0.4) is 0 Å². The number of ether oxygens (including phenoxy) is 1. The third-order valence-electron chi connectivity index (χ3n) is 3.54. The van der Waals surface area contributed by atoms with Crippen molar-refractivity contribution in [3.63, 3.8) is 0 Å². The van der Waals surface area contributed by atoms with Crippen molar-refractivity contribution in [1.29, 1.82) is 5.26 Å². The fraction of sp³-hybridized carbons (Fsp3) is 0.357. The molecule has 1 atom stereocenters. The fourth-order valence-electron chi connectivity index (χ4n) is 2.58. The Balaban J connectivity index is 2.03. The number of rotatable bonds is 2. The summed E-state index contributed by atoms with van der Waals surface area (Å²) >= 11 is 0. The molecule has 5 heteroatoms. The smallest absolute Gasteiger partial charge is 0.124 e. The predicted molar refractivity (Wildman–Crippen MR) is 68.6 cm³/mol. The van der Waals surface area contributed by atoms with E-state index in [9.17, 15) is 5.26 Å². The molecule has 2 aromatic rings. The highest BCUT2D eigenvalue weighted by Gasteiger charge is 2.38. The van der Waals surface area contributed by atoms with Gasteiger partial charge in [0.25, 0.3) is 0 Å². The van der Waals surface area contributed by atoms with Crippen LogP contribution in [0.15, 0.2) is 30.5 Å². The van der Waals surface area contributed by atoms with E-state index in [1.165, 1.54) is 0 Å². The van der Waals surface area contributed by atoms with Gasteiger partial charge >= 0.3 is 0 Å². The highest BCUT2D eigenvalue weighted by molar-refractivity contribution is 5.46. The molecule has 1 aliphatic rings. The third kappa shape index (κ3) is 1.95. The quantitative estimate of drug-likeness (QED) is 0.816. The van der Waals surface area contributed by atoms with Crippen LogP contribution in [-0.2, 0) is 18.9 Å². The number of hydrogen-bond donors (Lipinski definition) is 0. The van der Waals surface area contributed by atoms with Crippen LogP contribution in [0.4, 0.5) is 0 Å². The van der Waals surface area contributed by atoms with Crippen molar-refractivity contribution in [3.05, 3.63) is 41.7 Å². The van der Waals surface area contributed by atoms with Gasteiger partial charge in [-0.05, 0) is 6.07 Å². The number of aryl methyl sites for hydroxylation is 1. The number of aromatic nitrogens is 3. The molecule has 1 unspecified atom stereocenters. The highest BCUT2D eigenvalue weighted by Crippen LogP contribution is 2.40. The zero-order valence-electron chi connectivity index (χ0n) is 10.7. The van der Waals surface area contributed by atoms with Gasteiger partial charge in [0, 0.05) is 31.6 Å². The lowest BCUT2D eigenvalue weighted by atomic mass is 9.74. The summed E-state index contributed by atoms with van der Waals surface area (Å²) in [6, 6.07) is 10.2. The largest absolute Gasteiger partial charge is 0.493 e. The van der Waals surface area contributed by atoms with Crippen LogP contribution in [0.2, 0.25) is 0 Å². The molecular weight excluding hydrogens is 240 g/mol. The zero-order chi connectivity index (χ0) is 13.3. The van der Waals surface area contributed by atoms with Crippen molar-refractivity contribution >= 4 is 0 Å². The van der Waals surface area contributed by atoms with E-state index in [2.05, 4.69) is 16.4 Å². The lowest BCUT2D eigenvalue weighted by Crippen LogP contribution is -2.33. The van der Waals surface area contributed by atoms with E-state index in [4.69, 9.17) is 4.74 Å². The van der Waals surface area contributed by atoms with Crippen molar-refractivity contribution in [2.24, 2.45) is 7.05 Å². The fourth-order valence-corrected chi connectivity index (χ4v) is 2.58. The Morgan fingerprint density at radius 3 is 3.05 bits per heavy atom. The maximum atomic E-state index is 9.70. The Hall–Kier alpha value is -2.35. The molecule has 0 fully saturated rings. The number of nitriles is 1. The molecule has 1 aromatic heterocycles. The normalized spacial score (nSPS) is 21.3. The summed E-state index contributed by atoms with van der Waals surface area (Å²) < 4.78 is 7.29. The molecule has 1 aromatic carbocycles. The lowest BCUT2D eigenvalue weighted by molar-refractivity contribution is 0.240. The number of para-hydroxylation sites is 1. The zero-order valence-corrected chi connectivity index (χ0v) is 10.7. The average Bonchev–Trinajstić information content (AvgIpc) is 2.84. The van der Waals surface area contributed by atoms with Gasteiger partial charge in [0.1, 0.15) is 5.75 Å². The molecule has 5 nitrogen and oxygen atoms in total. The van der Waals surface area contributed by atoms with Gasteiger partial charge in [-0.2, -0.15) is 5.26 Å². The second-order valence-electron chi connectivity index (χ2n) is 4.85. The number of benzene rings is 1. The Morgan fingerprint density at radius 1 is 1.47 bits per heavy atom. The van der Waals surface area contributed by atoms with Crippen LogP contribution in [0.5, 0.6) is 5.75 Å². The molecule has 19 heavy (non-hydrogen) atoms. The molecule has 0 aliphatic carbocycles. The number of fused-ring (bicyclic) bond motifs is 1. The second-order valence-corrected chi connectivity index (χ2v) is 4.85. The molecule has 0 amide bonds. The van der Waals surface area contributed by atoms with Crippen molar-refractivity contribution in [3.8, 4) is 11.8 Å². The summed E-state index contributed by atoms with van der Waals surface area (Å²) in [7, 11) is 1.83. The van der Waals surface area contributed by atoms with E-state index in [0.717, 1.165) is 17.0 Å². The van der Waals surface area contributed by atoms with E-state index < -0.39 is 5.41 Å². The van der Waals surface area contributed by atoms with Gasteiger partial charge in [0.2, 0.25) is 0 Å². The molecule has 3 rings (SSSR count). The first-order valence-electron chi connectivity index (χ1n) is 6.22. The van der Waals surface area contributed by atoms with Gasteiger partial charge in [-0.15, -0.1) is 5.10 Å². The van der Waals surface area contributed by atoms with Gasteiger partial charge in [-0.3, -0.25) is 4.68 Å². The molecule has 0 saturated heterocycles. The van der Waals surface area contributed by atoms with E-state index in [1.807, 2.05) is 37.5 Å². The van der Waals surface area contributed by atoms with Gasteiger partial charge < -0.3 is 4.74 Å². The first-order chi connectivity index (χ1) is 9.23. The lowest BCUT2D eigenvalue weighted by Gasteiger charge is -2.32. The van der Waals surface area contributed by atoms with Crippen LogP contribution in [0.25, 0.3) is 0 Å². The standard InChI is InChI=1S/C14H14N4O/c1-18-9-11(16-17-18)8-14(10-15)6-7-19-13-5-3-2-4-12(13)14/h2-5,9H,6-8H2,1H3. The minimum atomic E-state index is -0.565. The Morgan fingerprint density at radius 2 is 2.32 bits per heavy atom. The topological polar surface area (TPSA) is 63.7 Å². The minimum absolute atomic E-state index is 0.560. The maximum absolute atomic E-state index is 9.70. The number of nitrogens with zero attached hydrogens (tertiary/aromatic N) is 4. The molecule has 96 valence electrons. The van der Waals surface area contributed by atoms with E-state index in [1.54, 1.807) is 4.68 Å². The van der Waals surface area contributed by atoms with Crippen molar-refractivity contribution in [2.45, 2.75) is 18.3 Å². The van der Waals surface area contributed by atoms with E-state index in [0.29, 0.717) is 19.4 Å². The highest BCUT2D eigenvalue weighted by atomic mass is 16.5. The average molecular weight is 254 g/mol. The summed E-state index contributed by atoms with van der Waals surface area (Å²) in [4.78, 5) is 0. The minimum Gasteiger partial charge on any atom is -0.493 e. The van der Waals surface area contributed by atoms with Crippen LogP contribution in [0.1, 0.15) is 17.7 Å². The van der Waals surface area contributed by atoms with Crippen molar-refractivity contribution in [2.75, 3.05) is 6.61 Å². The summed E-state index contributed by atoms with van der Waals surface area (Å²) in [5.74, 6) is 0.805. The van der Waals surface area contributed by atoms with Crippen LogP contribution in [0, 0.1) is 11.3 Å². The SMILES string of the molecule is Cn1cc(CC2(C#N)CCOc3ccccc32)nn1. The van der Waals surface area contributed by atoms with Crippen LogP contribution in [-0.4, -0.2) is 21.6 Å². The molecular formula is C14H14N4O. The molecule has 1 aliphatic heterocycles. The summed E-state index contributed by atoms with van der Waals surface area (Å²) in [5.41, 5.74) is 1.22. The first kappa shape index (κ1) is 11.7. The molecule has 0 spiro atoms. The Bertz CT molecular complexity index is 643. The van der Waals surface area contributed by atoms with E-state index in [-0.39, 0.29) is 0 Å². The van der Waals surface area contributed by atoms with Crippen molar-refractivity contribution < 1.29 is 4.74 Å². The molecule has 0 bridgehead atoms. The van der Waals surface area contributed by atoms with Crippen LogP contribution >= 0.6 is 0 Å². The second kappa shape index (κ2) is 4.39. The monoisotopic (exact) mass is 254 g/mol. The predicted octanol–water partition coefficient (Wildman–Crippen LogP) is 1.60. The Kier molecular flexibility index (Phi) is 2.71. The van der Waals surface area contributed by atoms with Gasteiger partial charge in [-0.25, -0.2) is 0 Å². The molecule has 0 saturated carbocycles. The molecule has 2 heterocycles. The van der Waals surface area contributed by atoms with Gasteiger partial charge in [-0.1, -0.05) is 23.4 Å². The van der Waals surface area contributed by atoms with E-state index >= 15 is 0 Å². The molecule has 0 N–H and O–H groups in total. The van der Waals surface area contributed by atoms with Crippen molar-refractivity contribution in [1.82, 2.24) is 15.0 Å². The maximum Gasteiger partial charge on any atom is 0.124 e. The summed E-state index contributed by atoms with van der Waals surface area (Å²) in [5, 5.41) is 17.7. The van der Waals surface area contributed by atoms with Gasteiger partial charge in [0.05, 0.1) is 23.8 Å². The van der Waals surface area contributed by atoms with Gasteiger partial charge in [0.15, 0.2) is 0 Å². The summed E-state index contributed by atoms with van der Waals surface area (Å²) in [6.07, 6.45) is 3.10. The Labute approximate surface area is 111 Å². The third-order valence-corrected chi connectivity index (χ3v) is 3.54. The first-order valence-corrected chi connectivity index (χ1v) is 6.22. The van der Waals surface area contributed by atoms with Crippen LogP contribution < -0.4 is 4.74 Å². The summed E-state index contributed by atoms with van der Waals surface area (Å²) in [6.45, 7) is 0.560. The number of hydrogen-bond acceptors (Lipinski definition) is 4.